The number of amides is 1. The fraction of sp³-hybridized carbons (Fsp3) is 0.312. The van der Waals surface area contributed by atoms with E-state index < -0.39 is 6.04 Å². The van der Waals surface area contributed by atoms with E-state index in [1.165, 1.54) is 0 Å². The molecule has 2 N–H and O–H groups in total. The van der Waals surface area contributed by atoms with Gasteiger partial charge < -0.3 is 15.1 Å². The van der Waals surface area contributed by atoms with Crippen LogP contribution < -0.4 is 10.6 Å². The zero-order chi connectivity index (χ0) is 17.1. The monoisotopic (exact) mass is 345 g/mol. The highest BCUT2D eigenvalue weighted by Gasteiger charge is 2.20. The molecular formula is C16H19N5O2S. The number of nitrogens with zero attached hydrogens (tertiary/aromatic N) is 3. The van der Waals surface area contributed by atoms with E-state index in [4.69, 9.17) is 4.42 Å². The first-order valence-electron chi connectivity index (χ1n) is 7.51. The number of rotatable bonds is 6. The van der Waals surface area contributed by atoms with Gasteiger partial charge in [0.2, 0.25) is 5.91 Å². The Bertz CT molecular complexity index is 835. The van der Waals surface area contributed by atoms with E-state index >= 15 is 0 Å². The van der Waals surface area contributed by atoms with Crippen molar-refractivity contribution in [2.75, 3.05) is 7.05 Å². The summed E-state index contributed by atoms with van der Waals surface area (Å²) in [5, 5.41) is 12.9. The molecule has 0 aromatic carbocycles. The number of hydrogen-bond donors (Lipinski definition) is 2. The summed E-state index contributed by atoms with van der Waals surface area (Å²) in [5.74, 6) is 1.26. The second-order valence-corrected chi connectivity index (χ2v) is 6.47. The van der Waals surface area contributed by atoms with Crippen LogP contribution in [0.4, 0.5) is 0 Å². The number of nitrogens with one attached hydrogen (secondary N) is 2. The summed E-state index contributed by atoms with van der Waals surface area (Å²) in [4.78, 5) is 16.8. The lowest BCUT2D eigenvalue weighted by Gasteiger charge is -2.13. The van der Waals surface area contributed by atoms with Gasteiger partial charge in [0, 0.05) is 24.2 Å². The zero-order valence-electron chi connectivity index (χ0n) is 13.7. The summed E-state index contributed by atoms with van der Waals surface area (Å²) in [6.45, 7) is 2.27. The number of furan rings is 1. The summed E-state index contributed by atoms with van der Waals surface area (Å²) < 4.78 is 7.42. The van der Waals surface area contributed by atoms with E-state index in [0.29, 0.717) is 18.1 Å². The first-order valence-corrected chi connectivity index (χ1v) is 8.39. The maximum Gasteiger partial charge on any atom is 0.242 e. The van der Waals surface area contributed by atoms with E-state index in [9.17, 15) is 4.79 Å². The lowest BCUT2D eigenvalue weighted by Crippen LogP contribution is -2.35. The van der Waals surface area contributed by atoms with Gasteiger partial charge in [0.25, 0.3) is 0 Å². The zero-order valence-corrected chi connectivity index (χ0v) is 14.6. The predicted molar refractivity (Wildman–Crippen MR) is 91.4 cm³/mol. The first-order chi connectivity index (χ1) is 11.6. The molecule has 0 aliphatic rings. The first kappa shape index (κ1) is 16.4. The molecule has 1 atom stereocenters. The Morgan fingerprint density at radius 3 is 2.92 bits per heavy atom. The molecule has 3 aromatic rings. The molecule has 0 spiro atoms. The van der Waals surface area contributed by atoms with Crippen LogP contribution in [-0.4, -0.2) is 27.7 Å². The van der Waals surface area contributed by atoms with Gasteiger partial charge in [-0.25, -0.2) is 4.98 Å². The number of likely N-dealkylation sites (N-methyl/N-ethyl adjacent to an activating group) is 1. The summed E-state index contributed by atoms with van der Waals surface area (Å²) >= 11 is 1.58. The maximum atomic E-state index is 12.4. The molecule has 1 amide bonds. The summed E-state index contributed by atoms with van der Waals surface area (Å²) in [6, 6.07) is 3.27. The Balaban J connectivity index is 1.62. The van der Waals surface area contributed by atoms with Gasteiger partial charge in [-0.3, -0.25) is 9.48 Å². The van der Waals surface area contributed by atoms with Crippen molar-refractivity contribution < 1.29 is 9.21 Å². The van der Waals surface area contributed by atoms with E-state index in [-0.39, 0.29) is 5.91 Å². The standard InChI is InChI=1S/C16H19N5O2S/c1-10-20-13(9-24-10)14-5-4-12(23-14)7-18-16(22)15(17-2)11-6-19-21(3)8-11/h4-6,8-9,15,17H,7H2,1-3H3,(H,18,22). The minimum atomic E-state index is -0.450. The van der Waals surface area contributed by atoms with Crippen molar-refractivity contribution in [3.8, 4) is 11.5 Å². The van der Waals surface area contributed by atoms with Crippen LogP contribution in [0, 0.1) is 6.92 Å². The van der Waals surface area contributed by atoms with E-state index in [1.54, 1.807) is 29.3 Å². The van der Waals surface area contributed by atoms with Crippen LogP contribution in [-0.2, 0) is 18.4 Å². The molecule has 8 heteroatoms. The molecule has 0 aliphatic carbocycles. The third-order valence-electron chi connectivity index (χ3n) is 3.58. The average Bonchev–Trinajstić information content (AvgIpc) is 3.27. The van der Waals surface area contributed by atoms with Crippen LogP contribution in [0.3, 0.4) is 0 Å². The average molecular weight is 345 g/mol. The van der Waals surface area contributed by atoms with Crippen molar-refractivity contribution in [2.45, 2.75) is 19.5 Å². The fourth-order valence-corrected chi connectivity index (χ4v) is 3.00. The Morgan fingerprint density at radius 2 is 2.29 bits per heavy atom. The van der Waals surface area contributed by atoms with Gasteiger partial charge >= 0.3 is 0 Å². The Labute approximate surface area is 143 Å². The SMILES string of the molecule is CNC(C(=O)NCc1ccc(-c2csc(C)n2)o1)c1cnn(C)c1. The molecule has 0 aliphatic heterocycles. The molecule has 7 nitrogen and oxygen atoms in total. The quantitative estimate of drug-likeness (QED) is 0.714. The lowest BCUT2D eigenvalue weighted by molar-refractivity contribution is -0.123. The molecule has 126 valence electrons. The molecule has 0 bridgehead atoms. The molecule has 0 saturated carbocycles. The van der Waals surface area contributed by atoms with Crippen LogP contribution in [0.5, 0.6) is 0 Å². The third kappa shape index (κ3) is 3.55. The number of carbonyl (C=O) groups excluding carboxylic acids is 1. The van der Waals surface area contributed by atoms with Crippen LogP contribution in [0.1, 0.15) is 22.4 Å². The summed E-state index contributed by atoms with van der Waals surface area (Å²) in [6.07, 6.45) is 3.49. The fourth-order valence-electron chi connectivity index (χ4n) is 2.40. The number of carbonyl (C=O) groups is 1. The van der Waals surface area contributed by atoms with Crippen LogP contribution in [0.25, 0.3) is 11.5 Å². The largest absolute Gasteiger partial charge is 0.458 e. The summed E-state index contributed by atoms with van der Waals surface area (Å²) in [7, 11) is 3.56. The molecule has 0 fully saturated rings. The normalized spacial score (nSPS) is 12.3. The topological polar surface area (TPSA) is 85.0 Å². The molecular weight excluding hydrogens is 326 g/mol. The van der Waals surface area contributed by atoms with Crippen LogP contribution in [0.2, 0.25) is 0 Å². The number of aryl methyl sites for hydroxylation is 2. The molecule has 1 unspecified atom stereocenters. The summed E-state index contributed by atoms with van der Waals surface area (Å²) in [5.41, 5.74) is 1.63. The Kier molecular flexibility index (Phi) is 4.77. The smallest absolute Gasteiger partial charge is 0.242 e. The molecule has 3 rings (SSSR count). The minimum absolute atomic E-state index is 0.132. The minimum Gasteiger partial charge on any atom is -0.458 e. The van der Waals surface area contributed by atoms with Crippen LogP contribution >= 0.6 is 11.3 Å². The van der Waals surface area contributed by atoms with Crippen molar-refractivity contribution in [1.82, 2.24) is 25.4 Å². The molecule has 24 heavy (non-hydrogen) atoms. The molecule has 0 saturated heterocycles. The van der Waals surface area contributed by atoms with Gasteiger partial charge in [-0.1, -0.05) is 0 Å². The predicted octanol–water partition coefficient (Wildman–Crippen LogP) is 2.02. The van der Waals surface area contributed by atoms with Gasteiger partial charge in [0.1, 0.15) is 17.5 Å². The second-order valence-electron chi connectivity index (χ2n) is 5.40. The van der Waals surface area contributed by atoms with Gasteiger partial charge in [-0.15, -0.1) is 11.3 Å². The van der Waals surface area contributed by atoms with Gasteiger partial charge in [0.15, 0.2) is 5.76 Å². The third-order valence-corrected chi connectivity index (χ3v) is 4.35. The molecule has 0 radical (unpaired) electrons. The molecule has 3 heterocycles. The van der Waals surface area contributed by atoms with Gasteiger partial charge in [0.05, 0.1) is 17.7 Å². The van der Waals surface area contributed by atoms with E-state index in [0.717, 1.165) is 16.3 Å². The second kappa shape index (κ2) is 6.98. The maximum absolute atomic E-state index is 12.4. The highest BCUT2D eigenvalue weighted by atomic mass is 32.1. The Hall–Kier alpha value is -2.45. The van der Waals surface area contributed by atoms with Crippen molar-refractivity contribution in [3.63, 3.8) is 0 Å². The number of thiazole rings is 1. The highest BCUT2D eigenvalue weighted by Crippen LogP contribution is 2.23. The van der Waals surface area contributed by atoms with Gasteiger partial charge in [-0.2, -0.15) is 5.10 Å². The van der Waals surface area contributed by atoms with Crippen LogP contribution in [0.15, 0.2) is 34.3 Å². The van der Waals surface area contributed by atoms with E-state index in [1.807, 2.05) is 37.7 Å². The number of hydrogen-bond acceptors (Lipinski definition) is 6. The molecule has 3 aromatic heterocycles. The van der Waals surface area contributed by atoms with E-state index in [2.05, 4.69) is 20.7 Å². The van der Waals surface area contributed by atoms with Crippen molar-refractivity contribution in [3.05, 3.63) is 46.2 Å². The Morgan fingerprint density at radius 1 is 1.46 bits per heavy atom. The van der Waals surface area contributed by atoms with Gasteiger partial charge in [-0.05, 0) is 26.1 Å². The highest BCUT2D eigenvalue weighted by molar-refractivity contribution is 7.09. The lowest BCUT2D eigenvalue weighted by atomic mass is 10.1. The van der Waals surface area contributed by atoms with Crippen molar-refractivity contribution in [2.24, 2.45) is 7.05 Å². The van der Waals surface area contributed by atoms with Crippen molar-refractivity contribution in [1.29, 1.82) is 0 Å². The number of aromatic nitrogens is 3. The van der Waals surface area contributed by atoms with Crippen molar-refractivity contribution >= 4 is 17.2 Å².